The molecule has 0 saturated heterocycles. The molecule has 0 unspecified atom stereocenters. The number of esters is 1. The highest BCUT2D eigenvalue weighted by molar-refractivity contribution is 5.78. The van der Waals surface area contributed by atoms with Crippen molar-refractivity contribution < 1.29 is 14.3 Å². The lowest BCUT2D eigenvalue weighted by atomic mass is 9.95. The lowest BCUT2D eigenvalue weighted by molar-refractivity contribution is -0.141. The first kappa shape index (κ1) is 16.0. The van der Waals surface area contributed by atoms with Gasteiger partial charge in [-0.15, -0.1) is 0 Å². The van der Waals surface area contributed by atoms with E-state index in [2.05, 4.69) is 10.1 Å². The second-order valence-electron chi connectivity index (χ2n) is 5.10. The summed E-state index contributed by atoms with van der Waals surface area (Å²) in [5.74, 6) is -0.162. The van der Waals surface area contributed by atoms with Crippen molar-refractivity contribution in [2.75, 3.05) is 26.7 Å². The summed E-state index contributed by atoms with van der Waals surface area (Å²) in [7, 11) is 1.38. The molecule has 5 heteroatoms. The summed E-state index contributed by atoms with van der Waals surface area (Å²) in [5, 5.41) is 3.09. The average Bonchev–Trinajstić information content (AvgIpc) is 2.44. The number of hydrogen-bond acceptors (Lipinski definition) is 4. The highest BCUT2D eigenvalue weighted by Crippen LogP contribution is 2.17. The zero-order valence-corrected chi connectivity index (χ0v) is 12.1. The first-order chi connectivity index (χ1) is 9.15. The molecule has 1 aliphatic carbocycles. The van der Waals surface area contributed by atoms with Crippen molar-refractivity contribution in [3.05, 3.63) is 0 Å². The lowest BCUT2D eigenvalue weighted by Gasteiger charge is -2.25. The topological polar surface area (TPSA) is 58.6 Å². The van der Waals surface area contributed by atoms with Crippen LogP contribution in [-0.2, 0) is 14.3 Å². The monoisotopic (exact) mass is 270 g/mol. The number of amides is 1. The number of ether oxygens (including phenoxy) is 1. The van der Waals surface area contributed by atoms with Crippen LogP contribution in [0.25, 0.3) is 0 Å². The van der Waals surface area contributed by atoms with Crippen LogP contribution in [0.2, 0.25) is 0 Å². The molecule has 0 radical (unpaired) electrons. The molecule has 1 N–H and O–H groups in total. The number of hydrogen-bond donors (Lipinski definition) is 1. The molecule has 0 aromatic carbocycles. The third-order valence-corrected chi connectivity index (χ3v) is 3.64. The summed E-state index contributed by atoms with van der Waals surface area (Å²) in [6, 6.07) is 0.348. The molecule has 1 aliphatic rings. The molecule has 0 aliphatic heterocycles. The molecule has 1 saturated carbocycles. The van der Waals surface area contributed by atoms with E-state index in [-0.39, 0.29) is 11.9 Å². The molecule has 0 bridgehead atoms. The molecular weight excluding hydrogens is 244 g/mol. The Morgan fingerprint density at radius 2 is 1.95 bits per heavy atom. The van der Waals surface area contributed by atoms with Crippen molar-refractivity contribution in [2.45, 2.75) is 51.5 Å². The Hall–Kier alpha value is -1.10. The number of carbonyl (C=O) groups is 2. The van der Waals surface area contributed by atoms with Crippen LogP contribution in [0.3, 0.4) is 0 Å². The average molecular weight is 270 g/mol. The first-order valence-electron chi connectivity index (χ1n) is 7.24. The molecule has 1 fully saturated rings. The Balaban J connectivity index is 2.25. The number of rotatable bonds is 7. The zero-order valence-electron chi connectivity index (χ0n) is 12.1. The summed E-state index contributed by atoms with van der Waals surface area (Å²) in [4.78, 5) is 25.0. The van der Waals surface area contributed by atoms with Crippen LogP contribution in [0.15, 0.2) is 0 Å². The van der Waals surface area contributed by atoms with Crippen LogP contribution in [0.1, 0.15) is 45.4 Å². The van der Waals surface area contributed by atoms with Crippen LogP contribution in [0.4, 0.5) is 0 Å². The molecule has 0 spiro atoms. The molecule has 0 atom stereocenters. The summed E-state index contributed by atoms with van der Waals surface area (Å²) in [5.41, 5.74) is 0. The van der Waals surface area contributed by atoms with Crippen molar-refractivity contribution in [2.24, 2.45) is 0 Å². The van der Waals surface area contributed by atoms with Gasteiger partial charge < -0.3 is 10.1 Å². The highest BCUT2D eigenvalue weighted by Gasteiger charge is 2.17. The minimum absolute atomic E-state index is 0.0682. The Morgan fingerprint density at radius 1 is 1.26 bits per heavy atom. The molecule has 1 amide bonds. The Bertz CT molecular complexity index is 288. The summed E-state index contributed by atoms with van der Waals surface area (Å²) < 4.78 is 4.61. The van der Waals surface area contributed by atoms with Gasteiger partial charge in [0.1, 0.15) is 0 Å². The van der Waals surface area contributed by atoms with Crippen LogP contribution in [0, 0.1) is 0 Å². The highest BCUT2D eigenvalue weighted by atomic mass is 16.5. The molecule has 19 heavy (non-hydrogen) atoms. The van der Waals surface area contributed by atoms with E-state index in [0.29, 0.717) is 25.6 Å². The number of nitrogens with one attached hydrogen (secondary N) is 1. The minimum Gasteiger partial charge on any atom is -0.469 e. The zero-order chi connectivity index (χ0) is 14.1. The first-order valence-corrected chi connectivity index (χ1v) is 7.24. The Labute approximate surface area is 115 Å². The van der Waals surface area contributed by atoms with Crippen LogP contribution < -0.4 is 5.32 Å². The number of carbonyl (C=O) groups excluding carboxylic acids is 2. The van der Waals surface area contributed by atoms with Gasteiger partial charge in [0.2, 0.25) is 5.91 Å². The molecule has 0 aromatic rings. The van der Waals surface area contributed by atoms with Crippen molar-refractivity contribution in [1.82, 2.24) is 10.2 Å². The van der Waals surface area contributed by atoms with Gasteiger partial charge >= 0.3 is 5.97 Å². The second kappa shape index (κ2) is 8.91. The molecular formula is C14H26N2O3. The molecule has 110 valence electrons. The Kier molecular flexibility index (Phi) is 7.48. The van der Waals surface area contributed by atoms with E-state index in [1.165, 1.54) is 26.4 Å². The number of methoxy groups -OCH3 is 1. The normalized spacial score (nSPS) is 16.4. The molecule has 1 rings (SSSR count). The van der Waals surface area contributed by atoms with Gasteiger partial charge in [0.05, 0.1) is 20.1 Å². The van der Waals surface area contributed by atoms with E-state index in [0.717, 1.165) is 19.4 Å². The third-order valence-electron chi connectivity index (χ3n) is 3.64. The predicted octanol–water partition coefficient (Wildman–Crippen LogP) is 1.32. The fourth-order valence-electron chi connectivity index (χ4n) is 2.42. The van der Waals surface area contributed by atoms with E-state index in [1.54, 1.807) is 0 Å². The van der Waals surface area contributed by atoms with Crippen LogP contribution >= 0.6 is 0 Å². The number of nitrogens with zero attached hydrogens (tertiary/aromatic N) is 1. The smallest absolute Gasteiger partial charge is 0.306 e. The van der Waals surface area contributed by atoms with E-state index < -0.39 is 0 Å². The largest absolute Gasteiger partial charge is 0.469 e. The SMILES string of the molecule is CCN(CCC(=O)OC)CC(=O)NC1CCCCC1. The maximum atomic E-state index is 11.9. The van der Waals surface area contributed by atoms with Gasteiger partial charge in [0.25, 0.3) is 0 Å². The quantitative estimate of drug-likeness (QED) is 0.709. The van der Waals surface area contributed by atoms with Gasteiger partial charge in [-0.2, -0.15) is 0 Å². The van der Waals surface area contributed by atoms with E-state index in [1.807, 2.05) is 11.8 Å². The van der Waals surface area contributed by atoms with Crippen molar-refractivity contribution in [1.29, 1.82) is 0 Å². The van der Waals surface area contributed by atoms with E-state index in [4.69, 9.17) is 0 Å². The predicted molar refractivity (Wildman–Crippen MR) is 73.8 cm³/mol. The molecule has 0 aromatic heterocycles. The van der Waals surface area contributed by atoms with Crippen molar-refractivity contribution in [3.8, 4) is 0 Å². The van der Waals surface area contributed by atoms with Gasteiger partial charge in [0.15, 0.2) is 0 Å². The fraction of sp³-hybridized carbons (Fsp3) is 0.857. The maximum Gasteiger partial charge on any atom is 0.306 e. The van der Waals surface area contributed by atoms with Gasteiger partial charge in [0, 0.05) is 12.6 Å². The minimum atomic E-state index is -0.230. The summed E-state index contributed by atoms with van der Waals surface area (Å²) >= 11 is 0. The second-order valence-corrected chi connectivity index (χ2v) is 5.10. The van der Waals surface area contributed by atoms with Crippen LogP contribution in [-0.4, -0.2) is 49.6 Å². The maximum absolute atomic E-state index is 11.9. The molecule has 5 nitrogen and oxygen atoms in total. The van der Waals surface area contributed by atoms with Gasteiger partial charge in [-0.05, 0) is 19.4 Å². The number of likely N-dealkylation sites (N-methyl/N-ethyl adjacent to an activating group) is 1. The van der Waals surface area contributed by atoms with Crippen LogP contribution in [0.5, 0.6) is 0 Å². The molecule has 0 heterocycles. The van der Waals surface area contributed by atoms with E-state index in [9.17, 15) is 9.59 Å². The van der Waals surface area contributed by atoms with Gasteiger partial charge in [-0.25, -0.2) is 0 Å². The fourth-order valence-corrected chi connectivity index (χ4v) is 2.42. The third kappa shape index (κ3) is 6.57. The standard InChI is InChI=1S/C14H26N2O3/c1-3-16(10-9-14(18)19-2)11-13(17)15-12-7-5-4-6-8-12/h12H,3-11H2,1-2H3,(H,15,17). The van der Waals surface area contributed by atoms with Gasteiger partial charge in [-0.1, -0.05) is 26.2 Å². The van der Waals surface area contributed by atoms with Crippen molar-refractivity contribution in [3.63, 3.8) is 0 Å². The Morgan fingerprint density at radius 3 is 2.53 bits per heavy atom. The lowest BCUT2D eigenvalue weighted by Crippen LogP contribution is -2.43. The van der Waals surface area contributed by atoms with Crippen molar-refractivity contribution >= 4 is 11.9 Å². The van der Waals surface area contributed by atoms with E-state index >= 15 is 0 Å². The summed E-state index contributed by atoms with van der Waals surface area (Å²) in [6.07, 6.45) is 6.24. The summed E-state index contributed by atoms with van der Waals surface area (Å²) in [6.45, 7) is 3.69. The van der Waals surface area contributed by atoms with Gasteiger partial charge in [-0.3, -0.25) is 14.5 Å².